The molecule has 3 atom stereocenters. The number of nitrogens with one attached hydrogen (secondary N) is 2. The molecule has 2 bridgehead atoms. The monoisotopic (exact) mass is 430 g/mol. The number of fused-ring (bicyclic) bond motifs is 2. The van der Waals surface area contributed by atoms with Gasteiger partial charge in [0.25, 0.3) is 5.91 Å². The number of carbonyl (C=O) groups excluding carboxylic acids is 2. The number of allylic oxidation sites excluding steroid dienone is 2. The molecule has 2 aromatic carbocycles. The van der Waals surface area contributed by atoms with Crippen molar-refractivity contribution in [3.8, 4) is 10.6 Å². The van der Waals surface area contributed by atoms with Gasteiger partial charge in [0.15, 0.2) is 0 Å². The molecule has 1 heterocycles. The second-order valence-electron chi connectivity index (χ2n) is 8.37. The predicted octanol–water partition coefficient (Wildman–Crippen LogP) is 5.00. The van der Waals surface area contributed by atoms with Crippen molar-refractivity contribution in [2.24, 2.45) is 17.3 Å². The van der Waals surface area contributed by atoms with Crippen LogP contribution in [0.5, 0.6) is 0 Å². The van der Waals surface area contributed by atoms with Crippen molar-refractivity contribution >= 4 is 34.0 Å². The highest BCUT2D eigenvalue weighted by atomic mass is 32.1. The first-order chi connectivity index (χ1) is 15.0. The molecular weight excluding hydrogens is 408 g/mol. The van der Waals surface area contributed by atoms with E-state index in [1.807, 2.05) is 37.3 Å². The Morgan fingerprint density at radius 1 is 1.00 bits per heavy atom. The summed E-state index contributed by atoms with van der Waals surface area (Å²) in [6.07, 6.45) is 6.37. The maximum atomic E-state index is 12.9. The van der Waals surface area contributed by atoms with Gasteiger partial charge in [-0.3, -0.25) is 14.9 Å². The second-order valence-corrected chi connectivity index (χ2v) is 9.35. The Balaban J connectivity index is 1.22. The zero-order valence-corrected chi connectivity index (χ0v) is 17.9. The first-order valence-corrected chi connectivity index (χ1v) is 11.1. The number of hydrogen-bond donors (Lipinski definition) is 2. The second kappa shape index (κ2) is 7.74. The van der Waals surface area contributed by atoms with Crippen LogP contribution in [0.15, 0.2) is 66.7 Å². The normalized spacial score (nSPS) is 23.6. The quantitative estimate of drug-likeness (QED) is 0.558. The average Bonchev–Trinajstić information content (AvgIpc) is 3.51. The van der Waals surface area contributed by atoms with Gasteiger partial charge in [-0.05, 0) is 48.9 Å². The van der Waals surface area contributed by atoms with E-state index >= 15 is 0 Å². The minimum absolute atomic E-state index is 0.0452. The lowest BCUT2D eigenvalue weighted by atomic mass is 9.77. The summed E-state index contributed by atoms with van der Waals surface area (Å²) in [5, 5.41) is 15.2. The van der Waals surface area contributed by atoms with Crippen molar-refractivity contribution in [3.63, 3.8) is 0 Å². The molecule has 156 valence electrons. The summed E-state index contributed by atoms with van der Waals surface area (Å²) in [4.78, 5) is 25.4. The number of rotatable bonds is 5. The van der Waals surface area contributed by atoms with Crippen LogP contribution < -0.4 is 10.6 Å². The molecule has 1 aromatic heterocycles. The fourth-order valence-electron chi connectivity index (χ4n) is 4.47. The van der Waals surface area contributed by atoms with Crippen LogP contribution in [0.4, 0.5) is 10.8 Å². The summed E-state index contributed by atoms with van der Waals surface area (Å²) in [7, 11) is 0. The number of hydrogen-bond acceptors (Lipinski definition) is 5. The summed E-state index contributed by atoms with van der Waals surface area (Å²) < 4.78 is 0. The Hall–Kier alpha value is -3.32. The van der Waals surface area contributed by atoms with Crippen LogP contribution in [0.1, 0.15) is 30.1 Å². The number of nitrogens with zero attached hydrogens (tertiary/aromatic N) is 2. The van der Waals surface area contributed by atoms with Crippen LogP contribution in [0.2, 0.25) is 0 Å². The Morgan fingerprint density at radius 2 is 1.77 bits per heavy atom. The maximum Gasteiger partial charge on any atom is 0.257 e. The van der Waals surface area contributed by atoms with E-state index in [1.54, 1.807) is 24.3 Å². The standard InChI is InChI=1S/C24H22N4O2S/c1-24(14-15-7-10-18(24)13-15)22(30)25-19-11-8-16(9-12-19)20(29)26-23-28-27-21(31-23)17-5-3-2-4-6-17/h2-12,15,18H,13-14H2,1H3,(H,25,30)(H,26,28,29)/t15-,18-,24-/m0/s1. The SMILES string of the molecule is C[C@]1(C(=O)Nc2ccc(C(=O)Nc3nnc(-c4ccccc4)s3)cc2)C[C@H]2C=C[C@H]1C2. The number of carbonyl (C=O) groups is 2. The molecule has 3 aromatic rings. The highest BCUT2D eigenvalue weighted by molar-refractivity contribution is 7.18. The van der Waals surface area contributed by atoms with Gasteiger partial charge in [-0.15, -0.1) is 10.2 Å². The Kier molecular flexibility index (Phi) is 4.90. The lowest BCUT2D eigenvalue weighted by Gasteiger charge is -2.29. The lowest BCUT2D eigenvalue weighted by Crippen LogP contribution is -2.36. The van der Waals surface area contributed by atoms with Gasteiger partial charge >= 0.3 is 0 Å². The van der Waals surface area contributed by atoms with E-state index in [9.17, 15) is 9.59 Å². The van der Waals surface area contributed by atoms with Crippen molar-refractivity contribution in [1.29, 1.82) is 0 Å². The third-order valence-electron chi connectivity index (χ3n) is 6.27. The highest BCUT2D eigenvalue weighted by Crippen LogP contribution is 2.52. The van der Waals surface area contributed by atoms with Gasteiger partial charge in [0.1, 0.15) is 5.01 Å². The molecular formula is C24H22N4O2S. The van der Waals surface area contributed by atoms with E-state index < -0.39 is 0 Å². The first-order valence-electron chi connectivity index (χ1n) is 10.3. The third kappa shape index (κ3) is 3.77. The van der Waals surface area contributed by atoms with E-state index in [4.69, 9.17) is 0 Å². The molecule has 0 spiro atoms. The zero-order valence-electron chi connectivity index (χ0n) is 17.0. The molecule has 6 nitrogen and oxygen atoms in total. The number of anilines is 2. The minimum atomic E-state index is -0.357. The molecule has 2 aliphatic rings. The van der Waals surface area contributed by atoms with Crippen LogP contribution in [0.25, 0.3) is 10.6 Å². The van der Waals surface area contributed by atoms with Gasteiger partial charge in [-0.25, -0.2) is 0 Å². The van der Waals surface area contributed by atoms with Gasteiger partial charge in [-0.1, -0.05) is 60.7 Å². The van der Waals surface area contributed by atoms with E-state index in [1.165, 1.54) is 11.3 Å². The third-order valence-corrected chi connectivity index (χ3v) is 7.15. The van der Waals surface area contributed by atoms with Crippen molar-refractivity contribution < 1.29 is 9.59 Å². The Bertz CT molecular complexity index is 1160. The van der Waals surface area contributed by atoms with Gasteiger partial charge in [-0.2, -0.15) is 0 Å². The van der Waals surface area contributed by atoms with Crippen LogP contribution in [0.3, 0.4) is 0 Å². The molecule has 2 amide bonds. The molecule has 2 aliphatic carbocycles. The van der Waals surface area contributed by atoms with Gasteiger partial charge in [0.05, 0.1) is 5.41 Å². The molecule has 0 aliphatic heterocycles. The van der Waals surface area contributed by atoms with Crippen LogP contribution in [-0.2, 0) is 4.79 Å². The van der Waals surface area contributed by atoms with Gasteiger partial charge in [0.2, 0.25) is 11.0 Å². The van der Waals surface area contributed by atoms with Crippen molar-refractivity contribution in [2.75, 3.05) is 10.6 Å². The fraction of sp³-hybridized carbons (Fsp3) is 0.250. The number of aromatic nitrogens is 2. The van der Waals surface area contributed by atoms with Crippen LogP contribution in [0, 0.1) is 17.3 Å². The van der Waals surface area contributed by atoms with E-state index in [0.717, 1.165) is 23.4 Å². The smallest absolute Gasteiger partial charge is 0.257 e. The van der Waals surface area contributed by atoms with Crippen molar-refractivity contribution in [3.05, 3.63) is 72.3 Å². The Labute approximate surface area is 184 Å². The molecule has 1 saturated carbocycles. The molecule has 31 heavy (non-hydrogen) atoms. The number of benzene rings is 2. The van der Waals surface area contributed by atoms with E-state index in [0.29, 0.717) is 28.2 Å². The minimum Gasteiger partial charge on any atom is -0.326 e. The average molecular weight is 431 g/mol. The summed E-state index contributed by atoms with van der Waals surface area (Å²) in [5.41, 5.74) is 1.78. The molecule has 7 heteroatoms. The lowest BCUT2D eigenvalue weighted by molar-refractivity contribution is -0.126. The van der Waals surface area contributed by atoms with Crippen molar-refractivity contribution in [1.82, 2.24) is 10.2 Å². The number of amides is 2. The zero-order chi connectivity index (χ0) is 21.4. The summed E-state index contributed by atoms with van der Waals surface area (Å²) in [6.45, 7) is 2.05. The molecule has 1 fully saturated rings. The molecule has 0 saturated heterocycles. The molecule has 5 rings (SSSR count). The first kappa shape index (κ1) is 19.6. The van der Waals surface area contributed by atoms with E-state index in [-0.39, 0.29) is 17.2 Å². The summed E-state index contributed by atoms with van der Waals surface area (Å²) in [5.74, 6) is 0.618. The summed E-state index contributed by atoms with van der Waals surface area (Å²) >= 11 is 1.32. The summed E-state index contributed by atoms with van der Waals surface area (Å²) in [6, 6.07) is 16.6. The molecule has 0 radical (unpaired) electrons. The fourth-order valence-corrected chi connectivity index (χ4v) is 5.22. The highest BCUT2D eigenvalue weighted by Gasteiger charge is 2.49. The topological polar surface area (TPSA) is 84.0 Å². The Morgan fingerprint density at radius 3 is 2.45 bits per heavy atom. The largest absolute Gasteiger partial charge is 0.326 e. The van der Waals surface area contributed by atoms with E-state index in [2.05, 4.69) is 33.0 Å². The van der Waals surface area contributed by atoms with Crippen molar-refractivity contribution in [2.45, 2.75) is 19.8 Å². The van der Waals surface area contributed by atoms with Crippen LogP contribution in [-0.4, -0.2) is 22.0 Å². The van der Waals surface area contributed by atoms with Gasteiger partial charge < -0.3 is 5.32 Å². The molecule has 0 unspecified atom stereocenters. The predicted molar refractivity (Wildman–Crippen MR) is 122 cm³/mol. The molecule has 2 N–H and O–H groups in total. The maximum absolute atomic E-state index is 12.9. The van der Waals surface area contributed by atoms with Crippen LogP contribution >= 0.6 is 11.3 Å². The van der Waals surface area contributed by atoms with Gasteiger partial charge in [0, 0.05) is 16.8 Å².